The summed E-state index contributed by atoms with van der Waals surface area (Å²) in [7, 11) is 0. The molecule has 17 heavy (non-hydrogen) atoms. The van der Waals surface area contributed by atoms with E-state index in [1.807, 2.05) is 0 Å². The normalized spacial score (nSPS) is 21.1. The van der Waals surface area contributed by atoms with Gasteiger partial charge in [-0.25, -0.2) is 9.97 Å². The van der Waals surface area contributed by atoms with Crippen LogP contribution in [0.5, 0.6) is 0 Å². The first kappa shape index (κ1) is 11.7. The van der Waals surface area contributed by atoms with E-state index in [4.69, 9.17) is 23.2 Å². The van der Waals surface area contributed by atoms with Gasteiger partial charge < -0.3 is 0 Å². The monoisotopic (exact) mass is 270 g/mol. The van der Waals surface area contributed by atoms with Crippen molar-refractivity contribution in [1.29, 1.82) is 0 Å². The highest BCUT2D eigenvalue weighted by Crippen LogP contribution is 2.40. The number of rotatable bonds is 3. The minimum atomic E-state index is 0.477. The number of aromatic nitrogens is 2. The lowest BCUT2D eigenvalue weighted by Gasteiger charge is -2.13. The van der Waals surface area contributed by atoms with Gasteiger partial charge in [0.05, 0.1) is 0 Å². The summed E-state index contributed by atoms with van der Waals surface area (Å²) >= 11 is 12.6. The highest BCUT2D eigenvalue weighted by molar-refractivity contribution is 6.34. The summed E-state index contributed by atoms with van der Waals surface area (Å²) in [5, 5.41) is 1.18. The van der Waals surface area contributed by atoms with Crippen LogP contribution in [0.25, 0.3) is 0 Å². The highest BCUT2D eigenvalue weighted by atomic mass is 35.5. The molecule has 0 aromatic carbocycles. The predicted molar refractivity (Wildman–Crippen MR) is 69.7 cm³/mol. The molecule has 0 spiro atoms. The van der Waals surface area contributed by atoms with E-state index in [0.29, 0.717) is 16.2 Å². The lowest BCUT2D eigenvalue weighted by molar-refractivity contribution is 0.701. The van der Waals surface area contributed by atoms with Crippen molar-refractivity contribution in [2.45, 2.75) is 50.9 Å². The second-order valence-corrected chi connectivity index (χ2v) is 5.98. The van der Waals surface area contributed by atoms with E-state index < -0.39 is 0 Å². The average molecular weight is 271 g/mol. The van der Waals surface area contributed by atoms with Crippen LogP contribution in [0.2, 0.25) is 10.3 Å². The summed E-state index contributed by atoms with van der Waals surface area (Å²) in [6.07, 6.45) is 8.40. The van der Waals surface area contributed by atoms with Crippen LogP contribution >= 0.6 is 23.2 Å². The Morgan fingerprint density at radius 3 is 2.06 bits per heavy atom. The molecular weight excluding hydrogens is 255 g/mol. The summed E-state index contributed by atoms with van der Waals surface area (Å²) in [6, 6.07) is 0. The molecule has 2 aliphatic rings. The third-order valence-electron chi connectivity index (χ3n) is 3.83. The number of halogens is 2. The topological polar surface area (TPSA) is 25.8 Å². The molecule has 2 fully saturated rings. The van der Waals surface area contributed by atoms with Crippen molar-refractivity contribution in [3.8, 4) is 0 Å². The number of hydrogen-bond donors (Lipinski definition) is 0. The average Bonchev–Trinajstić information content (AvgIpc) is 2.92. The first-order valence-electron chi connectivity index (χ1n) is 6.46. The Balaban J connectivity index is 1.87. The first-order valence-corrected chi connectivity index (χ1v) is 7.21. The highest BCUT2D eigenvalue weighted by Gasteiger charge is 2.27. The van der Waals surface area contributed by atoms with Crippen LogP contribution in [0.15, 0.2) is 0 Å². The van der Waals surface area contributed by atoms with Crippen molar-refractivity contribution in [3.63, 3.8) is 0 Å². The molecule has 0 N–H and O–H groups in total. The van der Waals surface area contributed by atoms with Crippen LogP contribution in [0.4, 0.5) is 0 Å². The van der Waals surface area contributed by atoms with E-state index in [1.165, 1.54) is 38.5 Å². The van der Waals surface area contributed by atoms with Gasteiger partial charge in [0.2, 0.25) is 0 Å². The van der Waals surface area contributed by atoms with Gasteiger partial charge in [0.1, 0.15) is 16.1 Å². The van der Waals surface area contributed by atoms with Gasteiger partial charge >= 0.3 is 0 Å². The fourth-order valence-electron chi connectivity index (χ4n) is 2.68. The quantitative estimate of drug-likeness (QED) is 0.762. The molecule has 0 aliphatic heterocycles. The molecule has 0 unspecified atom stereocenters. The maximum absolute atomic E-state index is 6.28. The van der Waals surface area contributed by atoms with E-state index >= 15 is 0 Å². The molecule has 92 valence electrons. The molecule has 0 bridgehead atoms. The van der Waals surface area contributed by atoms with E-state index in [9.17, 15) is 0 Å². The maximum Gasteiger partial charge on any atom is 0.137 e. The molecule has 2 saturated carbocycles. The van der Waals surface area contributed by atoms with Crippen LogP contribution < -0.4 is 0 Å². The van der Waals surface area contributed by atoms with Gasteiger partial charge in [0.25, 0.3) is 0 Å². The van der Waals surface area contributed by atoms with Crippen LogP contribution in [-0.4, -0.2) is 9.97 Å². The summed E-state index contributed by atoms with van der Waals surface area (Å²) in [5.74, 6) is 2.06. The Bertz CT molecular complexity index is 400. The van der Waals surface area contributed by atoms with Crippen LogP contribution in [0, 0.1) is 5.92 Å². The molecule has 0 amide bonds. The van der Waals surface area contributed by atoms with E-state index in [2.05, 4.69) is 9.97 Å². The van der Waals surface area contributed by atoms with Gasteiger partial charge in [0.15, 0.2) is 0 Å². The molecule has 1 aromatic heterocycles. The molecule has 1 aromatic rings. The molecule has 0 saturated heterocycles. The van der Waals surface area contributed by atoms with Crippen molar-refractivity contribution in [3.05, 3.63) is 21.7 Å². The van der Waals surface area contributed by atoms with Gasteiger partial charge in [0, 0.05) is 12.0 Å². The molecule has 0 radical (unpaired) electrons. The minimum Gasteiger partial charge on any atom is -0.221 e. The second-order valence-electron chi connectivity index (χ2n) is 5.26. The molecular formula is C13H16Cl2N2. The van der Waals surface area contributed by atoms with Crippen molar-refractivity contribution in [1.82, 2.24) is 9.97 Å². The summed E-state index contributed by atoms with van der Waals surface area (Å²) < 4.78 is 0. The predicted octanol–water partition coefficient (Wildman–Crippen LogP) is 4.39. The van der Waals surface area contributed by atoms with E-state index in [1.54, 1.807) is 0 Å². The fourth-order valence-corrected chi connectivity index (χ4v) is 3.41. The Morgan fingerprint density at radius 2 is 1.53 bits per heavy atom. The zero-order valence-electron chi connectivity index (χ0n) is 9.75. The smallest absolute Gasteiger partial charge is 0.137 e. The largest absolute Gasteiger partial charge is 0.221 e. The Hall–Kier alpha value is -0.340. The lowest BCUT2D eigenvalue weighted by atomic mass is 10.0. The summed E-state index contributed by atoms with van der Waals surface area (Å²) in [6.45, 7) is 0. The van der Waals surface area contributed by atoms with Crippen LogP contribution in [0.3, 0.4) is 0 Å². The number of nitrogens with zero attached hydrogens (tertiary/aromatic N) is 2. The fraction of sp³-hybridized carbons (Fsp3) is 0.692. The maximum atomic E-state index is 6.28. The van der Waals surface area contributed by atoms with Crippen LogP contribution in [0.1, 0.15) is 55.8 Å². The molecule has 2 aliphatic carbocycles. The van der Waals surface area contributed by atoms with Gasteiger partial charge in [-0.15, -0.1) is 0 Å². The summed E-state index contributed by atoms with van der Waals surface area (Å²) in [4.78, 5) is 8.86. The van der Waals surface area contributed by atoms with Crippen LogP contribution in [-0.2, 0) is 6.42 Å². The van der Waals surface area contributed by atoms with Gasteiger partial charge in [-0.1, -0.05) is 36.0 Å². The minimum absolute atomic E-state index is 0.477. The zero-order valence-corrected chi connectivity index (χ0v) is 11.3. The molecule has 4 heteroatoms. The van der Waals surface area contributed by atoms with E-state index in [-0.39, 0.29) is 0 Å². The summed E-state index contributed by atoms with van der Waals surface area (Å²) in [5.41, 5.74) is 0.991. The Kier molecular flexibility index (Phi) is 3.27. The van der Waals surface area contributed by atoms with Gasteiger partial charge in [-0.05, 0) is 37.5 Å². The van der Waals surface area contributed by atoms with Gasteiger partial charge in [-0.3, -0.25) is 0 Å². The second kappa shape index (κ2) is 4.74. The van der Waals surface area contributed by atoms with Crippen molar-refractivity contribution in [2.75, 3.05) is 0 Å². The Labute approximate surface area is 112 Å². The van der Waals surface area contributed by atoms with Gasteiger partial charge in [-0.2, -0.15) is 0 Å². The molecule has 3 rings (SSSR count). The van der Waals surface area contributed by atoms with Crippen molar-refractivity contribution >= 4 is 23.2 Å². The SMILES string of the molecule is Clc1nc(CC2CC2)nc(Cl)c1C1CCCC1. The number of hydrogen-bond acceptors (Lipinski definition) is 2. The lowest BCUT2D eigenvalue weighted by Crippen LogP contribution is -2.04. The molecule has 0 atom stereocenters. The molecule has 1 heterocycles. The third kappa shape index (κ3) is 2.58. The zero-order chi connectivity index (χ0) is 11.8. The van der Waals surface area contributed by atoms with Crippen molar-refractivity contribution in [2.24, 2.45) is 5.92 Å². The van der Waals surface area contributed by atoms with E-state index in [0.717, 1.165) is 23.7 Å². The first-order chi connectivity index (χ1) is 8.24. The Morgan fingerprint density at radius 1 is 0.941 bits per heavy atom. The van der Waals surface area contributed by atoms with Crippen molar-refractivity contribution < 1.29 is 0 Å². The molecule has 2 nitrogen and oxygen atoms in total. The standard InChI is InChI=1S/C13H16Cl2N2/c14-12-11(9-3-1-2-4-9)13(15)17-10(16-12)7-8-5-6-8/h8-9H,1-7H2. The third-order valence-corrected chi connectivity index (χ3v) is 4.41.